The molecule has 206 valence electrons. The van der Waals surface area contributed by atoms with Gasteiger partial charge in [0.05, 0.1) is 26.6 Å². The number of rotatable bonds is 5. The number of halogens is 2. The van der Waals surface area contributed by atoms with E-state index in [-0.39, 0.29) is 24.2 Å². The van der Waals surface area contributed by atoms with Crippen LogP contribution in [0.4, 0.5) is 0 Å². The van der Waals surface area contributed by atoms with Gasteiger partial charge >= 0.3 is 5.69 Å². The molecule has 0 atom stereocenters. The van der Waals surface area contributed by atoms with Gasteiger partial charge in [-0.25, -0.2) is 19.7 Å². The minimum Gasteiger partial charge on any atom is -0.384 e. The second-order valence-electron chi connectivity index (χ2n) is 10.5. The molecule has 1 aliphatic rings. The van der Waals surface area contributed by atoms with E-state index in [1.807, 2.05) is 29.3 Å². The van der Waals surface area contributed by atoms with Gasteiger partial charge in [-0.2, -0.15) is 0 Å². The molecule has 5 aromatic rings. The van der Waals surface area contributed by atoms with Gasteiger partial charge in [0, 0.05) is 42.7 Å². The summed E-state index contributed by atoms with van der Waals surface area (Å²) in [5.41, 5.74) is 2.15. The maximum Gasteiger partial charge on any atom is 0.327 e. The fourth-order valence-corrected chi connectivity index (χ4v) is 5.97. The Morgan fingerprint density at radius 1 is 1.10 bits per heavy atom. The molecule has 12 heteroatoms. The van der Waals surface area contributed by atoms with Crippen LogP contribution in [-0.4, -0.2) is 58.1 Å². The molecule has 0 spiro atoms. The Kier molecular flexibility index (Phi) is 6.64. The average Bonchev–Trinajstić information content (AvgIpc) is 3.46. The second kappa shape index (κ2) is 10.0. The minimum absolute atomic E-state index is 0.0273. The Morgan fingerprint density at radius 3 is 2.62 bits per heavy atom. The Bertz CT molecular complexity index is 1810. The highest BCUT2D eigenvalue weighted by Gasteiger charge is 2.29. The highest BCUT2D eigenvalue weighted by Crippen LogP contribution is 2.40. The van der Waals surface area contributed by atoms with E-state index >= 15 is 0 Å². The van der Waals surface area contributed by atoms with Gasteiger partial charge in [0.15, 0.2) is 5.65 Å². The van der Waals surface area contributed by atoms with Crippen LogP contribution in [-0.2, 0) is 16.9 Å². The monoisotopic (exact) mass is 579 g/mol. The summed E-state index contributed by atoms with van der Waals surface area (Å²) in [5, 5.41) is 12.3. The van der Waals surface area contributed by atoms with Gasteiger partial charge in [0.1, 0.15) is 24.1 Å². The van der Waals surface area contributed by atoms with Crippen molar-refractivity contribution in [1.82, 2.24) is 34.0 Å². The highest BCUT2D eigenvalue weighted by molar-refractivity contribution is 6.44. The molecule has 4 aromatic heterocycles. The fraction of sp³-hybridized carbons (Fsp3) is 0.321. The largest absolute Gasteiger partial charge is 0.384 e. The molecule has 0 aliphatic carbocycles. The number of aromatic amines is 1. The minimum atomic E-state index is -1.27. The van der Waals surface area contributed by atoms with Crippen molar-refractivity contribution in [2.45, 2.75) is 44.9 Å². The number of fused-ring (bicyclic) bond motifs is 2. The van der Waals surface area contributed by atoms with Crippen molar-refractivity contribution >= 4 is 51.3 Å². The normalized spacial score (nSPS) is 14.9. The molecule has 40 heavy (non-hydrogen) atoms. The second-order valence-corrected chi connectivity index (χ2v) is 11.3. The number of H-pyrrole nitrogens is 1. The van der Waals surface area contributed by atoms with E-state index in [0.29, 0.717) is 69.5 Å². The third kappa shape index (κ3) is 4.55. The Morgan fingerprint density at radius 2 is 1.88 bits per heavy atom. The molecule has 0 bridgehead atoms. The molecule has 10 nitrogen and oxygen atoms in total. The molecule has 0 saturated carbocycles. The van der Waals surface area contributed by atoms with Crippen molar-refractivity contribution in [3.63, 3.8) is 0 Å². The van der Waals surface area contributed by atoms with Crippen LogP contribution in [0.25, 0.3) is 33.3 Å². The van der Waals surface area contributed by atoms with Crippen LogP contribution in [0.5, 0.6) is 0 Å². The van der Waals surface area contributed by atoms with E-state index in [1.54, 1.807) is 41.3 Å². The average molecular weight is 580 g/mol. The molecule has 1 saturated heterocycles. The first kappa shape index (κ1) is 26.5. The van der Waals surface area contributed by atoms with E-state index in [1.165, 1.54) is 6.33 Å². The molecule has 1 fully saturated rings. The number of aromatic nitrogens is 6. The van der Waals surface area contributed by atoms with Crippen molar-refractivity contribution in [3.8, 4) is 11.1 Å². The number of imidazole rings is 1. The standard InChI is InChI=1S/C28H27Cl2N7O3/c1-28(2,40)24-22-18(17-5-3-6-19(29)23(17)30)13-36(26(22)33-15-32-24)14-21(38)35-11-8-16(9-12-35)37-20-7-4-10-31-25(20)34-27(37)39/h3-7,10,13,15-16,40H,8-9,11-12,14H2,1-2H3,(H,31,34,39). The van der Waals surface area contributed by atoms with Crippen molar-refractivity contribution in [3.05, 3.63) is 75.3 Å². The number of likely N-dealkylation sites (tertiary alicyclic amines) is 1. The molecule has 5 heterocycles. The molecule has 6 rings (SSSR count). The highest BCUT2D eigenvalue weighted by atomic mass is 35.5. The van der Waals surface area contributed by atoms with E-state index in [9.17, 15) is 14.7 Å². The van der Waals surface area contributed by atoms with E-state index in [2.05, 4.69) is 19.9 Å². The zero-order valence-corrected chi connectivity index (χ0v) is 23.4. The number of carbonyl (C=O) groups is 1. The summed E-state index contributed by atoms with van der Waals surface area (Å²) in [6, 6.07) is 8.99. The number of nitrogens with zero attached hydrogens (tertiary/aromatic N) is 6. The molecule has 1 amide bonds. The summed E-state index contributed by atoms with van der Waals surface area (Å²) in [6.45, 7) is 4.37. The predicted molar refractivity (Wildman–Crippen MR) is 153 cm³/mol. The quantitative estimate of drug-likeness (QED) is 0.315. The summed E-state index contributed by atoms with van der Waals surface area (Å²) in [5.74, 6) is -0.0737. The number of piperidine rings is 1. The zero-order chi connectivity index (χ0) is 28.2. The maximum atomic E-state index is 13.5. The molecular weight excluding hydrogens is 553 g/mol. The van der Waals surface area contributed by atoms with Gasteiger partial charge < -0.3 is 14.6 Å². The summed E-state index contributed by atoms with van der Waals surface area (Å²) >= 11 is 12.9. The van der Waals surface area contributed by atoms with Gasteiger partial charge in [-0.15, -0.1) is 0 Å². The topological polar surface area (TPSA) is 122 Å². The Balaban J connectivity index is 1.30. The lowest BCUT2D eigenvalue weighted by Gasteiger charge is -2.32. The number of hydrogen-bond donors (Lipinski definition) is 2. The molecule has 2 N–H and O–H groups in total. The molecule has 1 aromatic carbocycles. The third-order valence-corrected chi connectivity index (χ3v) is 8.27. The first-order valence-corrected chi connectivity index (χ1v) is 13.7. The first-order chi connectivity index (χ1) is 19.1. The summed E-state index contributed by atoms with van der Waals surface area (Å²) in [4.78, 5) is 43.9. The van der Waals surface area contributed by atoms with Crippen molar-refractivity contribution in [1.29, 1.82) is 0 Å². The van der Waals surface area contributed by atoms with Crippen molar-refractivity contribution < 1.29 is 9.90 Å². The number of carbonyl (C=O) groups excluding carboxylic acids is 1. The van der Waals surface area contributed by atoms with Gasteiger partial charge in [0.25, 0.3) is 0 Å². The van der Waals surface area contributed by atoms with Crippen LogP contribution in [0.1, 0.15) is 38.4 Å². The summed E-state index contributed by atoms with van der Waals surface area (Å²) in [6.07, 6.45) is 6.15. The lowest BCUT2D eigenvalue weighted by atomic mass is 9.97. The van der Waals surface area contributed by atoms with Gasteiger partial charge in [-0.1, -0.05) is 35.3 Å². The van der Waals surface area contributed by atoms with Gasteiger partial charge in [-0.3, -0.25) is 14.3 Å². The zero-order valence-electron chi connectivity index (χ0n) is 21.9. The van der Waals surface area contributed by atoms with Crippen LogP contribution < -0.4 is 5.69 Å². The van der Waals surface area contributed by atoms with E-state index in [0.717, 1.165) is 5.52 Å². The Hall–Kier alpha value is -3.73. The van der Waals surface area contributed by atoms with Crippen LogP contribution in [0.3, 0.4) is 0 Å². The number of nitrogens with one attached hydrogen (secondary N) is 1. The molecule has 0 unspecified atom stereocenters. The number of amides is 1. The van der Waals surface area contributed by atoms with E-state index < -0.39 is 5.60 Å². The van der Waals surface area contributed by atoms with Gasteiger partial charge in [0.2, 0.25) is 5.91 Å². The fourth-order valence-electron chi connectivity index (χ4n) is 5.56. The summed E-state index contributed by atoms with van der Waals surface area (Å²) in [7, 11) is 0. The smallest absolute Gasteiger partial charge is 0.327 e. The van der Waals surface area contributed by atoms with Crippen LogP contribution in [0, 0.1) is 0 Å². The molecule has 1 aliphatic heterocycles. The van der Waals surface area contributed by atoms with Gasteiger partial charge in [-0.05, 0) is 44.9 Å². The van der Waals surface area contributed by atoms with E-state index in [4.69, 9.17) is 23.2 Å². The predicted octanol–water partition coefficient (Wildman–Crippen LogP) is 4.53. The molecule has 0 radical (unpaired) electrons. The lowest BCUT2D eigenvalue weighted by Crippen LogP contribution is -2.41. The Labute approximate surface area is 239 Å². The summed E-state index contributed by atoms with van der Waals surface area (Å²) < 4.78 is 3.52. The number of pyridine rings is 1. The van der Waals surface area contributed by atoms with Crippen LogP contribution in [0.15, 0.2) is 53.8 Å². The van der Waals surface area contributed by atoms with Crippen LogP contribution >= 0.6 is 23.2 Å². The number of aliphatic hydroxyl groups is 1. The first-order valence-electron chi connectivity index (χ1n) is 13.0. The lowest BCUT2D eigenvalue weighted by molar-refractivity contribution is -0.133. The van der Waals surface area contributed by atoms with Crippen molar-refractivity contribution in [2.24, 2.45) is 0 Å². The third-order valence-electron chi connectivity index (χ3n) is 7.45. The SMILES string of the molecule is CC(C)(O)c1ncnc2c1c(-c1cccc(Cl)c1Cl)cn2CC(=O)N1CCC(n2c(=O)[nH]c3ncccc32)CC1. The number of hydrogen-bond acceptors (Lipinski definition) is 6. The maximum absolute atomic E-state index is 13.5. The van der Waals surface area contributed by atoms with Crippen LogP contribution in [0.2, 0.25) is 10.0 Å². The molecular formula is C28H27Cl2N7O3. The van der Waals surface area contributed by atoms with Crippen molar-refractivity contribution in [2.75, 3.05) is 13.1 Å². The number of benzene rings is 1.